The molecule has 1 aliphatic rings. The van der Waals surface area contributed by atoms with E-state index in [4.69, 9.17) is 5.73 Å². The molecule has 3 nitrogen and oxygen atoms in total. The minimum atomic E-state index is -0.954. The summed E-state index contributed by atoms with van der Waals surface area (Å²) in [6, 6.07) is 6.15. The number of hydrogen-bond donors (Lipinski definition) is 3. The number of benzene rings is 1. The first-order valence-electron chi connectivity index (χ1n) is 6.22. The Hall–Kier alpha value is -1.39. The van der Waals surface area contributed by atoms with E-state index >= 15 is 0 Å². The molecule has 4 heteroatoms. The average molecular weight is 250 g/mol. The van der Waals surface area contributed by atoms with Crippen molar-refractivity contribution < 1.29 is 9.50 Å². The molecule has 0 spiro atoms. The van der Waals surface area contributed by atoms with Crippen LogP contribution in [0.2, 0.25) is 0 Å². The smallest absolute Gasteiger partial charge is 0.104 e. The highest BCUT2D eigenvalue weighted by Gasteiger charge is 2.18. The van der Waals surface area contributed by atoms with Crippen molar-refractivity contribution in [3.8, 4) is 0 Å². The molecule has 0 saturated carbocycles. The molecule has 1 aromatic carbocycles. The molecule has 18 heavy (non-hydrogen) atoms. The van der Waals surface area contributed by atoms with Crippen LogP contribution in [0.3, 0.4) is 0 Å². The average Bonchev–Trinajstić information content (AvgIpc) is 2.39. The van der Waals surface area contributed by atoms with Crippen LogP contribution in [-0.2, 0) is 6.42 Å². The van der Waals surface area contributed by atoms with E-state index in [1.54, 1.807) is 0 Å². The number of halogens is 1. The zero-order chi connectivity index (χ0) is 13.1. The molecule has 98 valence electrons. The fraction of sp³-hybridized carbons (Fsp3) is 0.429. The van der Waals surface area contributed by atoms with Gasteiger partial charge >= 0.3 is 0 Å². The van der Waals surface area contributed by atoms with Gasteiger partial charge in [-0.1, -0.05) is 12.1 Å². The number of rotatable bonds is 3. The van der Waals surface area contributed by atoms with Crippen molar-refractivity contribution in [2.75, 3.05) is 11.9 Å². The first kappa shape index (κ1) is 13.1. The van der Waals surface area contributed by atoms with Crippen molar-refractivity contribution >= 4 is 5.69 Å². The quantitative estimate of drug-likeness (QED) is 0.771. The van der Waals surface area contributed by atoms with Gasteiger partial charge in [0.15, 0.2) is 0 Å². The lowest BCUT2D eigenvalue weighted by Gasteiger charge is -2.25. The molecule has 2 unspecified atom stereocenters. The van der Waals surface area contributed by atoms with Crippen molar-refractivity contribution in [2.24, 2.45) is 5.73 Å². The summed E-state index contributed by atoms with van der Waals surface area (Å²) in [5.41, 5.74) is 8.56. The molecule has 0 saturated heterocycles. The molecule has 1 heterocycles. The van der Waals surface area contributed by atoms with E-state index in [1.807, 2.05) is 18.2 Å². The normalized spacial score (nSPS) is 21.1. The van der Waals surface area contributed by atoms with Gasteiger partial charge in [0.1, 0.15) is 6.10 Å². The maximum absolute atomic E-state index is 12.6. The lowest BCUT2D eigenvalue weighted by atomic mass is 9.94. The van der Waals surface area contributed by atoms with Gasteiger partial charge in [0.2, 0.25) is 0 Å². The molecule has 4 N–H and O–H groups in total. The second-order valence-corrected chi connectivity index (χ2v) is 4.79. The fourth-order valence-electron chi connectivity index (χ4n) is 2.27. The Morgan fingerprint density at radius 1 is 1.67 bits per heavy atom. The van der Waals surface area contributed by atoms with Crippen LogP contribution in [0, 0.1) is 0 Å². The van der Waals surface area contributed by atoms with Gasteiger partial charge in [-0.05, 0) is 37.0 Å². The predicted octanol–water partition coefficient (Wildman–Crippen LogP) is 2.28. The minimum Gasteiger partial charge on any atom is -0.384 e. The summed E-state index contributed by atoms with van der Waals surface area (Å²) in [6.07, 6.45) is 1.48. The summed E-state index contributed by atoms with van der Waals surface area (Å²) >= 11 is 0. The van der Waals surface area contributed by atoms with Crippen molar-refractivity contribution in [2.45, 2.75) is 31.9 Å². The van der Waals surface area contributed by atoms with Gasteiger partial charge < -0.3 is 16.2 Å². The summed E-state index contributed by atoms with van der Waals surface area (Å²) in [6.45, 7) is 2.16. The standard InChI is InChI=1S/C14H19FN2O/c1-9-2-3-10-6-11(4-5-13(10)17-9)14(18)12(7-15)8-16/h4-7,9,14,17-18H,2-3,8,16H2,1H3/b12-7+. The van der Waals surface area contributed by atoms with Gasteiger partial charge in [-0.2, -0.15) is 0 Å². The van der Waals surface area contributed by atoms with Crippen molar-refractivity contribution in [3.05, 3.63) is 41.2 Å². The molecule has 2 atom stereocenters. The van der Waals surface area contributed by atoms with Crippen LogP contribution in [0.1, 0.15) is 30.6 Å². The number of aliphatic hydroxyl groups excluding tert-OH is 1. The number of hydrogen-bond acceptors (Lipinski definition) is 3. The van der Waals surface area contributed by atoms with E-state index in [1.165, 1.54) is 5.56 Å². The molecule has 0 fully saturated rings. The molecule has 0 amide bonds. The van der Waals surface area contributed by atoms with Gasteiger partial charge in [-0.15, -0.1) is 0 Å². The van der Waals surface area contributed by atoms with Crippen LogP contribution >= 0.6 is 0 Å². The van der Waals surface area contributed by atoms with Gasteiger partial charge in [0, 0.05) is 23.8 Å². The Morgan fingerprint density at radius 2 is 2.44 bits per heavy atom. The number of fused-ring (bicyclic) bond motifs is 1. The molecule has 0 bridgehead atoms. The van der Waals surface area contributed by atoms with E-state index in [9.17, 15) is 9.50 Å². The van der Waals surface area contributed by atoms with Crippen LogP contribution in [-0.4, -0.2) is 17.7 Å². The number of anilines is 1. The molecular weight excluding hydrogens is 231 g/mol. The lowest BCUT2D eigenvalue weighted by molar-refractivity contribution is 0.212. The third-order valence-corrected chi connectivity index (χ3v) is 3.42. The number of aliphatic hydroxyl groups is 1. The van der Waals surface area contributed by atoms with Crippen LogP contribution in [0.15, 0.2) is 30.1 Å². The molecule has 0 aliphatic carbocycles. The molecular formula is C14H19FN2O. The SMILES string of the molecule is CC1CCc2cc(C(O)/C(=C/F)CN)ccc2N1. The van der Waals surface area contributed by atoms with Crippen LogP contribution in [0.5, 0.6) is 0 Å². The number of nitrogens with two attached hydrogens (primary N) is 1. The monoisotopic (exact) mass is 250 g/mol. The van der Waals surface area contributed by atoms with Gasteiger partial charge in [0.25, 0.3) is 0 Å². The molecule has 0 radical (unpaired) electrons. The Balaban J connectivity index is 2.26. The predicted molar refractivity (Wildman–Crippen MR) is 71.1 cm³/mol. The van der Waals surface area contributed by atoms with Gasteiger partial charge in [-0.25, -0.2) is 4.39 Å². The topological polar surface area (TPSA) is 58.3 Å². The fourth-order valence-corrected chi connectivity index (χ4v) is 2.27. The van der Waals surface area contributed by atoms with E-state index in [0.29, 0.717) is 17.9 Å². The number of nitrogens with one attached hydrogen (secondary N) is 1. The second kappa shape index (κ2) is 5.50. The summed E-state index contributed by atoms with van der Waals surface area (Å²) in [4.78, 5) is 0. The summed E-state index contributed by atoms with van der Waals surface area (Å²) in [7, 11) is 0. The largest absolute Gasteiger partial charge is 0.384 e. The van der Waals surface area contributed by atoms with Gasteiger partial charge in [0.05, 0.1) is 6.33 Å². The molecule has 1 aliphatic heterocycles. The third kappa shape index (κ3) is 2.54. The van der Waals surface area contributed by atoms with Crippen molar-refractivity contribution in [3.63, 3.8) is 0 Å². The Kier molecular flexibility index (Phi) is 3.99. The van der Waals surface area contributed by atoms with Crippen LogP contribution in [0.25, 0.3) is 0 Å². The lowest BCUT2D eigenvalue weighted by Crippen LogP contribution is -2.22. The molecule has 2 rings (SSSR count). The van der Waals surface area contributed by atoms with Crippen molar-refractivity contribution in [1.82, 2.24) is 0 Å². The Bertz CT molecular complexity index is 459. The zero-order valence-corrected chi connectivity index (χ0v) is 10.5. The van der Waals surface area contributed by atoms with E-state index in [2.05, 4.69) is 12.2 Å². The first-order chi connectivity index (χ1) is 8.65. The third-order valence-electron chi connectivity index (χ3n) is 3.42. The highest BCUT2D eigenvalue weighted by atomic mass is 19.1. The Labute approximate surface area is 107 Å². The van der Waals surface area contributed by atoms with Crippen LogP contribution < -0.4 is 11.1 Å². The second-order valence-electron chi connectivity index (χ2n) is 4.79. The molecule has 1 aromatic rings. The Morgan fingerprint density at radius 3 is 3.11 bits per heavy atom. The van der Waals surface area contributed by atoms with E-state index < -0.39 is 6.10 Å². The van der Waals surface area contributed by atoms with Gasteiger partial charge in [-0.3, -0.25) is 0 Å². The highest BCUT2D eigenvalue weighted by molar-refractivity contribution is 5.55. The molecule has 0 aromatic heterocycles. The van der Waals surface area contributed by atoms with E-state index in [0.717, 1.165) is 18.5 Å². The van der Waals surface area contributed by atoms with Crippen molar-refractivity contribution in [1.29, 1.82) is 0 Å². The summed E-state index contributed by atoms with van der Waals surface area (Å²) < 4.78 is 12.6. The first-order valence-corrected chi connectivity index (χ1v) is 6.22. The maximum atomic E-state index is 12.6. The summed E-state index contributed by atoms with van der Waals surface area (Å²) in [5, 5.41) is 13.4. The summed E-state index contributed by atoms with van der Waals surface area (Å²) in [5.74, 6) is 0. The van der Waals surface area contributed by atoms with E-state index in [-0.39, 0.29) is 12.1 Å². The minimum absolute atomic E-state index is 0.0179. The highest BCUT2D eigenvalue weighted by Crippen LogP contribution is 2.29. The number of aryl methyl sites for hydroxylation is 1. The zero-order valence-electron chi connectivity index (χ0n) is 10.5. The maximum Gasteiger partial charge on any atom is 0.104 e. The van der Waals surface area contributed by atoms with Crippen LogP contribution in [0.4, 0.5) is 10.1 Å².